The van der Waals surface area contributed by atoms with Gasteiger partial charge in [0, 0.05) is 30.4 Å². The lowest BCUT2D eigenvalue weighted by molar-refractivity contribution is -0.141. The predicted molar refractivity (Wildman–Crippen MR) is 127 cm³/mol. The lowest BCUT2D eigenvalue weighted by atomic mass is 9.92. The molecule has 0 bridgehead atoms. The topological polar surface area (TPSA) is 74.3 Å². The van der Waals surface area contributed by atoms with Gasteiger partial charge in [0.2, 0.25) is 5.91 Å². The Hall–Kier alpha value is -2.94. The summed E-state index contributed by atoms with van der Waals surface area (Å²) < 4.78 is 39.6. The van der Waals surface area contributed by atoms with Gasteiger partial charge in [0.15, 0.2) is 5.69 Å². The van der Waals surface area contributed by atoms with Crippen molar-refractivity contribution in [3.8, 4) is 0 Å². The number of alkyl halides is 3. The second-order valence-electron chi connectivity index (χ2n) is 9.45. The molecule has 6 nitrogen and oxygen atoms in total. The van der Waals surface area contributed by atoms with Crippen LogP contribution >= 0.6 is 0 Å². The quantitative estimate of drug-likeness (QED) is 0.599. The smallest absolute Gasteiger partial charge is 0.353 e. The molecular formula is C26H31F3N4O2. The molecule has 1 aromatic carbocycles. The summed E-state index contributed by atoms with van der Waals surface area (Å²) in [6.45, 7) is 2.23. The van der Waals surface area contributed by atoms with E-state index in [2.05, 4.69) is 20.5 Å². The molecule has 1 saturated carbocycles. The summed E-state index contributed by atoms with van der Waals surface area (Å²) >= 11 is 0. The molecule has 2 aromatic rings. The van der Waals surface area contributed by atoms with Crippen LogP contribution in [0.4, 0.5) is 18.9 Å². The van der Waals surface area contributed by atoms with Crippen LogP contribution in [-0.4, -0.2) is 40.8 Å². The first-order valence-electron chi connectivity index (χ1n) is 12.2. The number of nitrogens with one attached hydrogen (secondary N) is 2. The van der Waals surface area contributed by atoms with Crippen LogP contribution in [0.1, 0.15) is 66.6 Å². The number of anilines is 1. The summed E-state index contributed by atoms with van der Waals surface area (Å²) in [4.78, 5) is 30.8. The number of aromatic nitrogens is 1. The Morgan fingerprint density at radius 2 is 1.74 bits per heavy atom. The number of halogens is 3. The predicted octanol–water partition coefficient (Wildman–Crippen LogP) is 5.01. The first kappa shape index (κ1) is 25.2. The van der Waals surface area contributed by atoms with Gasteiger partial charge in [-0.05, 0) is 68.6 Å². The minimum Gasteiger partial charge on any atom is -0.353 e. The van der Waals surface area contributed by atoms with Crippen LogP contribution in [-0.2, 0) is 17.5 Å². The summed E-state index contributed by atoms with van der Waals surface area (Å²) in [5, 5.41) is 5.79. The second kappa shape index (κ2) is 11.2. The Morgan fingerprint density at radius 1 is 1.00 bits per heavy atom. The van der Waals surface area contributed by atoms with Gasteiger partial charge in [-0.25, -0.2) is 0 Å². The molecule has 1 aromatic heterocycles. The molecular weight excluding hydrogens is 457 g/mol. The van der Waals surface area contributed by atoms with Gasteiger partial charge in [-0.15, -0.1) is 0 Å². The molecule has 1 saturated heterocycles. The summed E-state index contributed by atoms with van der Waals surface area (Å²) in [5.41, 5.74) is -0.357. The van der Waals surface area contributed by atoms with Gasteiger partial charge in [-0.3, -0.25) is 19.5 Å². The Balaban J connectivity index is 1.30. The number of pyridine rings is 1. The number of nitrogens with zero attached hydrogens (tertiary/aromatic N) is 2. The molecule has 0 spiro atoms. The highest BCUT2D eigenvalue weighted by atomic mass is 19.4. The Labute approximate surface area is 203 Å². The molecule has 2 fully saturated rings. The number of carbonyl (C=O) groups excluding carboxylic acids is 2. The highest BCUT2D eigenvalue weighted by Crippen LogP contribution is 2.30. The summed E-state index contributed by atoms with van der Waals surface area (Å²) in [6, 6.07) is 9.84. The van der Waals surface area contributed by atoms with Gasteiger partial charge in [-0.2, -0.15) is 13.2 Å². The van der Waals surface area contributed by atoms with Gasteiger partial charge < -0.3 is 10.6 Å². The number of benzene rings is 1. The van der Waals surface area contributed by atoms with E-state index in [1.165, 1.54) is 25.3 Å². The van der Waals surface area contributed by atoms with E-state index in [0.29, 0.717) is 18.3 Å². The maximum Gasteiger partial charge on any atom is 0.434 e. The van der Waals surface area contributed by atoms with E-state index in [1.54, 1.807) is 18.2 Å². The zero-order chi connectivity index (χ0) is 24.8. The zero-order valence-electron chi connectivity index (χ0n) is 19.6. The van der Waals surface area contributed by atoms with Gasteiger partial charge in [0.05, 0.1) is 5.56 Å². The van der Waals surface area contributed by atoms with Crippen LogP contribution in [0.2, 0.25) is 0 Å². The fourth-order valence-electron chi connectivity index (χ4n) is 4.94. The molecule has 2 amide bonds. The number of hydrogen-bond acceptors (Lipinski definition) is 4. The van der Waals surface area contributed by atoms with E-state index >= 15 is 0 Å². The van der Waals surface area contributed by atoms with E-state index in [-0.39, 0.29) is 11.8 Å². The summed E-state index contributed by atoms with van der Waals surface area (Å²) in [5.74, 6) is -0.636. The molecule has 0 atom stereocenters. The lowest BCUT2D eigenvalue weighted by Gasteiger charge is -2.32. The highest BCUT2D eigenvalue weighted by Gasteiger charge is 2.37. The molecule has 2 N–H and O–H groups in total. The molecule has 188 valence electrons. The average Bonchev–Trinajstić information content (AvgIpc) is 2.85. The van der Waals surface area contributed by atoms with E-state index in [1.807, 2.05) is 6.07 Å². The minimum absolute atomic E-state index is 0.0427. The fraction of sp³-hybridized carbons (Fsp3) is 0.500. The van der Waals surface area contributed by atoms with Crippen molar-refractivity contribution in [2.45, 2.75) is 63.7 Å². The minimum atomic E-state index is -4.71. The van der Waals surface area contributed by atoms with Gasteiger partial charge >= 0.3 is 6.18 Å². The monoisotopic (exact) mass is 488 g/mol. The molecule has 1 aliphatic heterocycles. The molecule has 35 heavy (non-hydrogen) atoms. The maximum absolute atomic E-state index is 13.2. The van der Waals surface area contributed by atoms with Crippen LogP contribution in [0.25, 0.3) is 0 Å². The standard InChI is InChI=1S/C26H31F3N4O2/c27-26(28,29)23-22(10-5-13-30-23)25(35)32-21-9-4-6-18(16-21)17-33-14-11-19(12-15-33)24(34)31-20-7-2-1-3-8-20/h4-6,9-10,13,16,19-20H,1-3,7-8,11-12,14-15,17H2,(H,31,34)(H,32,35). The zero-order valence-corrected chi connectivity index (χ0v) is 19.6. The van der Waals surface area contributed by atoms with Crippen molar-refractivity contribution in [2.75, 3.05) is 18.4 Å². The molecule has 0 radical (unpaired) electrons. The Kier molecular flexibility index (Phi) is 8.05. The maximum atomic E-state index is 13.2. The van der Waals surface area contributed by atoms with Crippen molar-refractivity contribution in [1.82, 2.24) is 15.2 Å². The fourth-order valence-corrected chi connectivity index (χ4v) is 4.94. The lowest BCUT2D eigenvalue weighted by Crippen LogP contribution is -2.44. The van der Waals surface area contributed by atoms with E-state index in [0.717, 1.165) is 56.6 Å². The third-order valence-corrected chi connectivity index (χ3v) is 6.82. The molecule has 0 unspecified atom stereocenters. The molecule has 2 heterocycles. The summed E-state index contributed by atoms with van der Waals surface area (Å²) in [7, 11) is 0. The first-order valence-corrected chi connectivity index (χ1v) is 12.2. The number of rotatable bonds is 6. The third kappa shape index (κ3) is 6.81. The van der Waals surface area contributed by atoms with E-state index in [4.69, 9.17) is 0 Å². The SMILES string of the molecule is O=C(Nc1cccc(CN2CCC(C(=O)NC3CCCCC3)CC2)c1)c1cccnc1C(F)(F)F. The van der Waals surface area contributed by atoms with Gasteiger partial charge in [0.1, 0.15) is 0 Å². The number of likely N-dealkylation sites (tertiary alicyclic amines) is 1. The second-order valence-corrected chi connectivity index (χ2v) is 9.45. The number of hydrogen-bond donors (Lipinski definition) is 2. The average molecular weight is 489 g/mol. The molecule has 1 aliphatic carbocycles. The molecule has 4 rings (SSSR count). The number of amides is 2. The van der Waals surface area contributed by atoms with Crippen molar-refractivity contribution in [3.05, 3.63) is 59.4 Å². The van der Waals surface area contributed by atoms with Gasteiger partial charge in [-0.1, -0.05) is 31.4 Å². The number of piperidine rings is 1. The first-order chi connectivity index (χ1) is 16.8. The molecule has 2 aliphatic rings. The van der Waals surface area contributed by atoms with E-state index in [9.17, 15) is 22.8 Å². The van der Waals surface area contributed by atoms with E-state index < -0.39 is 23.3 Å². The largest absolute Gasteiger partial charge is 0.434 e. The Morgan fingerprint density at radius 3 is 2.46 bits per heavy atom. The van der Waals surface area contributed by atoms with Crippen molar-refractivity contribution < 1.29 is 22.8 Å². The Bertz CT molecular complexity index is 1030. The number of carbonyl (C=O) groups is 2. The van der Waals surface area contributed by atoms with Crippen LogP contribution in [0, 0.1) is 5.92 Å². The van der Waals surface area contributed by atoms with Crippen molar-refractivity contribution in [2.24, 2.45) is 5.92 Å². The normalized spacial score (nSPS) is 18.3. The highest BCUT2D eigenvalue weighted by molar-refractivity contribution is 6.05. The molecule has 9 heteroatoms. The summed E-state index contributed by atoms with van der Waals surface area (Å²) in [6.07, 6.45) is 3.70. The van der Waals surface area contributed by atoms with Crippen LogP contribution in [0.3, 0.4) is 0 Å². The van der Waals surface area contributed by atoms with Gasteiger partial charge in [0.25, 0.3) is 5.91 Å². The van der Waals surface area contributed by atoms with Crippen LogP contribution < -0.4 is 10.6 Å². The van der Waals surface area contributed by atoms with Crippen molar-refractivity contribution in [1.29, 1.82) is 0 Å². The van der Waals surface area contributed by atoms with Crippen molar-refractivity contribution >= 4 is 17.5 Å². The third-order valence-electron chi connectivity index (χ3n) is 6.82. The van der Waals surface area contributed by atoms with Crippen LogP contribution in [0.5, 0.6) is 0 Å². The van der Waals surface area contributed by atoms with Crippen molar-refractivity contribution in [3.63, 3.8) is 0 Å². The van der Waals surface area contributed by atoms with Crippen LogP contribution in [0.15, 0.2) is 42.6 Å².